The Morgan fingerprint density at radius 3 is 2.64 bits per heavy atom. The lowest BCUT2D eigenvalue weighted by Gasteiger charge is -2.32. The molecule has 1 aliphatic rings. The number of anilines is 1. The van der Waals surface area contributed by atoms with Crippen molar-refractivity contribution in [3.8, 4) is 6.07 Å². The molecule has 1 saturated heterocycles. The largest absolute Gasteiger partial charge is 0.341 e. The van der Waals surface area contributed by atoms with Crippen LogP contribution in [0.15, 0.2) is 48.5 Å². The molecule has 2 aromatic carbocycles. The quantitative estimate of drug-likeness (QED) is 0.755. The van der Waals surface area contributed by atoms with E-state index in [2.05, 4.69) is 58.0 Å². The van der Waals surface area contributed by atoms with Crippen molar-refractivity contribution in [2.75, 3.05) is 18.0 Å². The highest BCUT2D eigenvalue weighted by Crippen LogP contribution is 2.27. The highest BCUT2D eigenvalue weighted by molar-refractivity contribution is 5.79. The summed E-state index contributed by atoms with van der Waals surface area (Å²) in [5, 5.41) is 9.37. The Bertz CT molecular complexity index is 1010. The summed E-state index contributed by atoms with van der Waals surface area (Å²) in [6.45, 7) is 6.48. The summed E-state index contributed by atoms with van der Waals surface area (Å²) in [6.07, 6.45) is 2.18. The third-order valence-electron chi connectivity index (χ3n) is 5.67. The minimum Gasteiger partial charge on any atom is -0.341 e. The van der Waals surface area contributed by atoms with Crippen molar-refractivity contribution in [3.05, 3.63) is 59.7 Å². The van der Waals surface area contributed by atoms with E-state index in [0.717, 1.165) is 55.0 Å². The SMILES string of the molecule is CC(C)(C#N)c1ccc(Cn2c(N3CCCC(N)C3)nc3ccccc32)cc1. The van der Waals surface area contributed by atoms with Gasteiger partial charge < -0.3 is 15.2 Å². The molecule has 2 heterocycles. The number of aromatic nitrogens is 2. The average molecular weight is 374 g/mol. The second kappa shape index (κ2) is 7.29. The van der Waals surface area contributed by atoms with Crippen LogP contribution in [0.5, 0.6) is 0 Å². The number of piperidine rings is 1. The highest BCUT2D eigenvalue weighted by atomic mass is 15.3. The minimum absolute atomic E-state index is 0.203. The number of hydrogen-bond donors (Lipinski definition) is 1. The van der Waals surface area contributed by atoms with Crippen LogP contribution in [0.3, 0.4) is 0 Å². The number of rotatable bonds is 4. The molecule has 1 aliphatic heterocycles. The van der Waals surface area contributed by atoms with E-state index < -0.39 is 5.41 Å². The predicted octanol–water partition coefficient (Wildman–Crippen LogP) is 3.81. The van der Waals surface area contributed by atoms with Crippen molar-refractivity contribution in [2.45, 2.75) is 44.7 Å². The van der Waals surface area contributed by atoms with Gasteiger partial charge in [0.15, 0.2) is 0 Å². The molecular weight excluding hydrogens is 346 g/mol. The van der Waals surface area contributed by atoms with Crippen LogP contribution in [0.25, 0.3) is 11.0 Å². The normalized spacial score (nSPS) is 17.6. The fourth-order valence-corrected chi connectivity index (χ4v) is 3.93. The summed E-state index contributed by atoms with van der Waals surface area (Å²) in [5.41, 5.74) is 10.1. The number of nitrogens with zero attached hydrogens (tertiary/aromatic N) is 4. The molecule has 0 radical (unpaired) electrons. The zero-order chi connectivity index (χ0) is 19.7. The Kier molecular flexibility index (Phi) is 4.82. The predicted molar refractivity (Wildman–Crippen MR) is 113 cm³/mol. The first-order valence-electron chi connectivity index (χ1n) is 9.94. The molecule has 0 saturated carbocycles. The molecule has 3 aromatic rings. The van der Waals surface area contributed by atoms with Gasteiger partial charge in [0, 0.05) is 19.1 Å². The molecule has 0 aliphatic carbocycles. The van der Waals surface area contributed by atoms with Crippen LogP contribution < -0.4 is 10.6 Å². The fourth-order valence-electron chi connectivity index (χ4n) is 3.93. The molecular formula is C23H27N5. The van der Waals surface area contributed by atoms with Gasteiger partial charge in [-0.05, 0) is 49.9 Å². The van der Waals surface area contributed by atoms with Crippen molar-refractivity contribution in [2.24, 2.45) is 5.73 Å². The lowest BCUT2D eigenvalue weighted by Crippen LogP contribution is -2.44. The lowest BCUT2D eigenvalue weighted by atomic mass is 9.86. The van der Waals surface area contributed by atoms with Crippen molar-refractivity contribution < 1.29 is 0 Å². The number of imidazole rings is 1. The molecule has 0 bridgehead atoms. The van der Waals surface area contributed by atoms with Crippen molar-refractivity contribution in [3.63, 3.8) is 0 Å². The molecule has 0 spiro atoms. The van der Waals surface area contributed by atoms with Gasteiger partial charge in [-0.2, -0.15) is 5.26 Å². The number of fused-ring (bicyclic) bond motifs is 1. The lowest BCUT2D eigenvalue weighted by molar-refractivity contribution is 0.495. The zero-order valence-corrected chi connectivity index (χ0v) is 16.6. The molecule has 1 fully saturated rings. The summed E-state index contributed by atoms with van der Waals surface area (Å²) < 4.78 is 2.29. The van der Waals surface area contributed by atoms with Gasteiger partial charge in [-0.15, -0.1) is 0 Å². The number of nitrogens with two attached hydrogens (primary N) is 1. The van der Waals surface area contributed by atoms with Crippen LogP contribution in [0.2, 0.25) is 0 Å². The monoisotopic (exact) mass is 373 g/mol. The first-order chi connectivity index (χ1) is 13.5. The van der Waals surface area contributed by atoms with Crippen LogP contribution in [0.4, 0.5) is 5.95 Å². The van der Waals surface area contributed by atoms with Crippen molar-refractivity contribution in [1.29, 1.82) is 5.26 Å². The van der Waals surface area contributed by atoms with Gasteiger partial charge in [0.05, 0.1) is 29.1 Å². The third-order valence-corrected chi connectivity index (χ3v) is 5.67. The van der Waals surface area contributed by atoms with Gasteiger partial charge in [-0.1, -0.05) is 36.4 Å². The molecule has 144 valence electrons. The molecule has 1 aromatic heterocycles. The molecule has 2 N–H and O–H groups in total. The second-order valence-electron chi connectivity index (χ2n) is 8.27. The van der Waals surface area contributed by atoms with E-state index in [-0.39, 0.29) is 6.04 Å². The highest BCUT2D eigenvalue weighted by Gasteiger charge is 2.23. The number of para-hydroxylation sites is 2. The number of nitriles is 1. The Hall–Kier alpha value is -2.84. The number of benzene rings is 2. The topological polar surface area (TPSA) is 70.9 Å². The van der Waals surface area contributed by atoms with Crippen LogP contribution in [-0.4, -0.2) is 28.7 Å². The first-order valence-corrected chi connectivity index (χ1v) is 9.94. The summed E-state index contributed by atoms with van der Waals surface area (Å²) in [5.74, 6) is 0.998. The average Bonchev–Trinajstić information content (AvgIpc) is 3.07. The van der Waals surface area contributed by atoms with Gasteiger partial charge >= 0.3 is 0 Å². The van der Waals surface area contributed by atoms with Crippen LogP contribution >= 0.6 is 0 Å². The Morgan fingerprint density at radius 2 is 1.93 bits per heavy atom. The van der Waals surface area contributed by atoms with Gasteiger partial charge in [-0.3, -0.25) is 0 Å². The maximum atomic E-state index is 9.37. The maximum absolute atomic E-state index is 9.37. The smallest absolute Gasteiger partial charge is 0.206 e. The van der Waals surface area contributed by atoms with Crippen LogP contribution in [0.1, 0.15) is 37.8 Å². The molecule has 4 rings (SSSR count). The Labute approximate surface area is 166 Å². The van der Waals surface area contributed by atoms with Gasteiger partial charge in [0.1, 0.15) is 0 Å². The van der Waals surface area contributed by atoms with E-state index in [0.29, 0.717) is 0 Å². The van der Waals surface area contributed by atoms with E-state index in [1.54, 1.807) is 0 Å². The summed E-state index contributed by atoms with van der Waals surface area (Å²) in [7, 11) is 0. The summed E-state index contributed by atoms with van der Waals surface area (Å²) in [6, 6.07) is 19.2. The molecule has 1 unspecified atom stereocenters. The molecule has 28 heavy (non-hydrogen) atoms. The summed E-state index contributed by atoms with van der Waals surface area (Å²) in [4.78, 5) is 7.25. The fraction of sp³-hybridized carbons (Fsp3) is 0.391. The molecule has 0 amide bonds. The van der Waals surface area contributed by atoms with Gasteiger partial charge in [0.25, 0.3) is 0 Å². The standard InChI is InChI=1S/C23H27N5/c1-23(2,16-24)18-11-9-17(10-12-18)14-28-21-8-4-3-7-20(21)26-22(28)27-13-5-6-19(25)15-27/h3-4,7-12,19H,5-6,13-15,25H2,1-2H3. The zero-order valence-electron chi connectivity index (χ0n) is 16.6. The number of hydrogen-bond acceptors (Lipinski definition) is 4. The molecule has 5 heteroatoms. The van der Waals surface area contributed by atoms with Gasteiger partial charge in [0.2, 0.25) is 5.95 Å². The Balaban J connectivity index is 1.70. The first kappa shape index (κ1) is 18.5. The summed E-state index contributed by atoms with van der Waals surface area (Å²) >= 11 is 0. The van der Waals surface area contributed by atoms with E-state index in [4.69, 9.17) is 10.7 Å². The van der Waals surface area contributed by atoms with Gasteiger partial charge in [-0.25, -0.2) is 4.98 Å². The van der Waals surface area contributed by atoms with E-state index in [9.17, 15) is 5.26 Å². The molecule has 5 nitrogen and oxygen atoms in total. The maximum Gasteiger partial charge on any atom is 0.206 e. The molecule has 1 atom stereocenters. The minimum atomic E-state index is -0.477. The third kappa shape index (κ3) is 3.48. The van der Waals surface area contributed by atoms with Crippen LogP contribution in [-0.2, 0) is 12.0 Å². The van der Waals surface area contributed by atoms with E-state index >= 15 is 0 Å². The van der Waals surface area contributed by atoms with Crippen molar-refractivity contribution in [1.82, 2.24) is 9.55 Å². The van der Waals surface area contributed by atoms with E-state index in [1.165, 1.54) is 5.56 Å². The second-order valence-corrected chi connectivity index (χ2v) is 8.27. The van der Waals surface area contributed by atoms with Crippen molar-refractivity contribution >= 4 is 17.0 Å². The van der Waals surface area contributed by atoms with Crippen LogP contribution in [0, 0.1) is 11.3 Å². The van der Waals surface area contributed by atoms with E-state index in [1.807, 2.05) is 19.9 Å². The Morgan fingerprint density at radius 1 is 1.18 bits per heavy atom.